The zero-order valence-corrected chi connectivity index (χ0v) is 18.0. The van der Waals surface area contributed by atoms with Crippen LogP contribution < -0.4 is 5.32 Å². The maximum absolute atomic E-state index is 12.4. The van der Waals surface area contributed by atoms with Crippen molar-refractivity contribution < 1.29 is 14.6 Å². The summed E-state index contributed by atoms with van der Waals surface area (Å²) >= 11 is 5.55. The first-order chi connectivity index (χ1) is 13.3. The summed E-state index contributed by atoms with van der Waals surface area (Å²) in [7, 11) is 0. The highest BCUT2D eigenvalue weighted by atomic mass is 32.1. The Morgan fingerprint density at radius 3 is 2.18 bits per heavy atom. The van der Waals surface area contributed by atoms with Crippen molar-refractivity contribution in [3.63, 3.8) is 0 Å². The Kier molecular flexibility index (Phi) is 6.43. The van der Waals surface area contributed by atoms with Crippen molar-refractivity contribution in [3.05, 3.63) is 59.7 Å². The van der Waals surface area contributed by atoms with E-state index in [2.05, 4.69) is 42.2 Å². The standard InChI is InChI=1S/C22H26NO3S2/c1-22(2,3)28-20(24)19(13-27)23-21(25)26-12-18-16-10-6-4-8-14(16)15-9-5-7-11-17(15)18/h4-11,18-19,24,27H,12-13H2,1-3H3,(H,23,25). The number of ether oxygens (including phenoxy) is 1. The molecule has 0 aromatic heterocycles. The van der Waals surface area contributed by atoms with Gasteiger partial charge in [-0.25, -0.2) is 4.79 Å². The topological polar surface area (TPSA) is 58.6 Å². The fraction of sp³-hybridized carbons (Fsp3) is 0.364. The summed E-state index contributed by atoms with van der Waals surface area (Å²) < 4.78 is 5.38. The van der Waals surface area contributed by atoms with Crippen molar-refractivity contribution >= 4 is 35.1 Å². The minimum absolute atomic E-state index is 0.00845. The van der Waals surface area contributed by atoms with Crippen molar-refractivity contribution in [2.24, 2.45) is 0 Å². The second kappa shape index (κ2) is 8.64. The van der Waals surface area contributed by atoms with E-state index in [4.69, 9.17) is 4.74 Å². The summed E-state index contributed by atoms with van der Waals surface area (Å²) in [5, 5.41) is 13.1. The van der Waals surface area contributed by atoms with E-state index in [1.807, 2.05) is 45.0 Å². The third-order valence-electron chi connectivity index (χ3n) is 4.53. The summed E-state index contributed by atoms with van der Waals surface area (Å²) in [5.74, 6) is 0.299. The van der Waals surface area contributed by atoms with Gasteiger partial charge < -0.3 is 15.2 Å². The van der Waals surface area contributed by atoms with Crippen LogP contribution in [0.3, 0.4) is 0 Å². The second-order valence-electron chi connectivity index (χ2n) is 7.76. The lowest BCUT2D eigenvalue weighted by atomic mass is 9.98. The zero-order valence-electron chi connectivity index (χ0n) is 16.3. The van der Waals surface area contributed by atoms with E-state index in [9.17, 15) is 9.90 Å². The molecule has 6 heteroatoms. The average molecular weight is 417 g/mol. The number of benzene rings is 2. The summed E-state index contributed by atoms with van der Waals surface area (Å²) in [6.07, 6.45) is -0.554. The van der Waals surface area contributed by atoms with E-state index in [0.29, 0.717) is 5.75 Å². The first-order valence-electron chi connectivity index (χ1n) is 9.27. The van der Waals surface area contributed by atoms with Gasteiger partial charge in [0.05, 0.1) is 6.04 Å². The molecule has 149 valence electrons. The maximum Gasteiger partial charge on any atom is 0.407 e. The van der Waals surface area contributed by atoms with E-state index >= 15 is 0 Å². The molecule has 0 aliphatic heterocycles. The van der Waals surface area contributed by atoms with Crippen molar-refractivity contribution in [1.82, 2.24) is 5.32 Å². The molecule has 0 saturated carbocycles. The van der Waals surface area contributed by atoms with Gasteiger partial charge in [-0.1, -0.05) is 48.5 Å². The highest BCUT2D eigenvalue weighted by Crippen LogP contribution is 2.44. The molecule has 28 heavy (non-hydrogen) atoms. The number of thiol groups is 1. The largest absolute Gasteiger partial charge is 0.449 e. The normalized spacial score (nSPS) is 15.0. The van der Waals surface area contributed by atoms with Crippen molar-refractivity contribution in [3.8, 4) is 11.1 Å². The molecule has 4 nitrogen and oxygen atoms in total. The number of fused-ring (bicyclic) bond motifs is 3. The van der Waals surface area contributed by atoms with Crippen molar-refractivity contribution in [1.29, 1.82) is 0 Å². The third-order valence-corrected chi connectivity index (χ3v) is 6.00. The van der Waals surface area contributed by atoms with Crippen LogP contribution in [0.25, 0.3) is 11.1 Å². The summed E-state index contributed by atoms with van der Waals surface area (Å²) in [5.41, 5.74) is 4.71. The van der Waals surface area contributed by atoms with Gasteiger partial charge in [-0.3, -0.25) is 0 Å². The minimum Gasteiger partial charge on any atom is -0.449 e. The number of aliphatic hydroxyl groups is 1. The van der Waals surface area contributed by atoms with Crippen molar-refractivity contribution in [2.45, 2.75) is 37.5 Å². The van der Waals surface area contributed by atoms with Gasteiger partial charge in [0.25, 0.3) is 0 Å². The van der Waals surface area contributed by atoms with Crippen LogP contribution in [0.15, 0.2) is 48.5 Å². The molecule has 0 bridgehead atoms. The number of carbonyl (C=O) groups is 1. The lowest BCUT2D eigenvalue weighted by Crippen LogP contribution is -2.42. The Balaban J connectivity index is 1.69. The van der Waals surface area contributed by atoms with Gasteiger partial charge in [0.15, 0.2) is 0 Å². The Labute approximate surface area is 175 Å². The maximum atomic E-state index is 12.4. The van der Waals surface area contributed by atoms with Gasteiger partial charge in [0, 0.05) is 16.4 Å². The van der Waals surface area contributed by atoms with Crippen LogP contribution in [0.2, 0.25) is 0 Å². The quantitative estimate of drug-likeness (QED) is 0.473. The zero-order chi connectivity index (χ0) is 20.3. The van der Waals surface area contributed by atoms with E-state index in [1.165, 1.54) is 33.6 Å². The molecule has 1 aliphatic carbocycles. The molecular weight excluding hydrogens is 390 g/mol. The fourth-order valence-electron chi connectivity index (χ4n) is 3.35. The Morgan fingerprint density at radius 2 is 1.68 bits per heavy atom. The molecule has 2 aromatic carbocycles. The number of amides is 1. The Hall–Kier alpha value is -1.89. The SMILES string of the molecule is CC(C)(C)[S]=C(O)C(CS)NC(=O)OCC1c2ccccc2-c2ccccc21. The molecule has 1 atom stereocenters. The first-order valence-corrected chi connectivity index (χ1v) is 10.7. The van der Waals surface area contributed by atoms with Gasteiger partial charge in [-0.05, 0) is 43.0 Å². The van der Waals surface area contributed by atoms with Crippen LogP contribution in [-0.2, 0) is 4.74 Å². The molecule has 0 heterocycles. The molecule has 0 saturated heterocycles. The van der Waals surface area contributed by atoms with Crippen LogP contribution in [0.5, 0.6) is 0 Å². The number of alkyl carbamates (subject to hydrolysis) is 1. The monoisotopic (exact) mass is 416 g/mol. The summed E-state index contributed by atoms with van der Waals surface area (Å²) in [4.78, 5) is 12.4. The molecule has 2 aromatic rings. The molecule has 1 unspecified atom stereocenters. The minimum atomic E-state index is -0.566. The molecule has 0 spiro atoms. The number of rotatable bonds is 5. The van der Waals surface area contributed by atoms with Gasteiger partial charge in [-0.15, -0.1) is 11.4 Å². The predicted octanol–water partition coefficient (Wildman–Crippen LogP) is 5.04. The summed E-state index contributed by atoms with van der Waals surface area (Å²) in [6, 6.07) is 15.8. The first kappa shape index (κ1) is 20.8. The highest BCUT2D eigenvalue weighted by molar-refractivity contribution is 7.99. The van der Waals surface area contributed by atoms with Crippen LogP contribution in [0.4, 0.5) is 4.79 Å². The number of aliphatic hydroxyl groups excluding tert-OH is 1. The number of hydrogen-bond donors (Lipinski definition) is 3. The van der Waals surface area contributed by atoms with Crippen LogP contribution in [-0.4, -0.2) is 39.4 Å². The average Bonchev–Trinajstić information content (AvgIpc) is 2.97. The number of hydrogen-bond acceptors (Lipinski definition) is 3. The fourth-order valence-corrected chi connectivity index (χ4v) is 4.65. The Morgan fingerprint density at radius 1 is 1.14 bits per heavy atom. The molecule has 3 rings (SSSR count). The van der Waals surface area contributed by atoms with Gasteiger partial charge in [0.2, 0.25) is 0 Å². The lowest BCUT2D eigenvalue weighted by Gasteiger charge is -2.20. The van der Waals surface area contributed by atoms with Crippen molar-refractivity contribution in [2.75, 3.05) is 12.4 Å². The van der Waals surface area contributed by atoms with Gasteiger partial charge >= 0.3 is 6.09 Å². The van der Waals surface area contributed by atoms with Crippen LogP contribution in [0.1, 0.15) is 37.8 Å². The molecular formula is C22H26NO3S2. The van der Waals surface area contributed by atoms with Crippen LogP contribution in [0, 0.1) is 0 Å². The molecule has 1 amide bonds. The summed E-state index contributed by atoms with van der Waals surface area (Å²) in [6.45, 7) is 6.23. The second-order valence-corrected chi connectivity index (χ2v) is 9.97. The lowest BCUT2D eigenvalue weighted by molar-refractivity contribution is 0.141. The number of nitrogens with one attached hydrogen (secondary N) is 1. The van der Waals surface area contributed by atoms with E-state index < -0.39 is 12.1 Å². The third kappa shape index (κ3) is 4.74. The molecule has 1 aliphatic rings. The van der Waals surface area contributed by atoms with Gasteiger partial charge in [-0.2, -0.15) is 12.6 Å². The Bertz CT molecular complexity index is 844. The van der Waals surface area contributed by atoms with Gasteiger partial charge in [0.1, 0.15) is 11.7 Å². The molecule has 2 N–H and O–H groups in total. The van der Waals surface area contributed by atoms with E-state index in [1.54, 1.807) is 0 Å². The van der Waals surface area contributed by atoms with E-state index in [-0.39, 0.29) is 22.3 Å². The number of carbonyl (C=O) groups excluding carboxylic acids is 1. The van der Waals surface area contributed by atoms with Crippen LogP contribution >= 0.6 is 24.0 Å². The molecule has 1 radical (unpaired) electrons. The highest BCUT2D eigenvalue weighted by Gasteiger charge is 2.29. The smallest absolute Gasteiger partial charge is 0.407 e. The predicted molar refractivity (Wildman–Crippen MR) is 121 cm³/mol. The molecule has 0 fully saturated rings. The van der Waals surface area contributed by atoms with E-state index in [0.717, 1.165) is 0 Å².